The number of nitrogens with one attached hydrogen (secondary N) is 1. The standard InChI is InChI=1S/C27H30FN5O2/c1-3-14-34-15-5-4-7-20-10-11-23-24(16-20)32-27(25-18-29-12-13-30-25)33-26(23)31-21-8-6-9-22(17-21)35-19(2)28/h6,8-13,16-19H,3-5,7,14-15H2,1-2H3,(H,31,32,33). The zero-order valence-electron chi connectivity index (χ0n) is 20.1. The lowest BCUT2D eigenvalue weighted by atomic mass is 10.1. The number of hydrogen-bond donors (Lipinski definition) is 1. The average Bonchev–Trinajstić information content (AvgIpc) is 2.86. The molecule has 182 valence electrons. The third-order valence-corrected chi connectivity index (χ3v) is 5.30. The smallest absolute Gasteiger partial charge is 0.235 e. The van der Waals surface area contributed by atoms with Gasteiger partial charge in [-0.25, -0.2) is 19.3 Å². The first-order chi connectivity index (χ1) is 17.1. The van der Waals surface area contributed by atoms with E-state index in [1.54, 1.807) is 36.8 Å². The lowest BCUT2D eigenvalue weighted by molar-refractivity contribution is 0.0861. The number of halogens is 1. The second kappa shape index (κ2) is 12.2. The van der Waals surface area contributed by atoms with Crippen molar-refractivity contribution in [2.45, 2.75) is 45.9 Å². The summed E-state index contributed by atoms with van der Waals surface area (Å²) in [5.41, 5.74) is 3.33. The van der Waals surface area contributed by atoms with E-state index in [-0.39, 0.29) is 0 Å². The molecule has 0 saturated heterocycles. The van der Waals surface area contributed by atoms with E-state index in [4.69, 9.17) is 19.4 Å². The number of unbranched alkanes of at least 4 members (excludes halogenated alkanes) is 1. The lowest BCUT2D eigenvalue weighted by Crippen LogP contribution is -2.04. The number of aromatic nitrogens is 4. The van der Waals surface area contributed by atoms with E-state index in [0.29, 0.717) is 23.1 Å². The number of aryl methyl sites for hydroxylation is 1. The maximum Gasteiger partial charge on any atom is 0.235 e. The second-order valence-corrected chi connectivity index (χ2v) is 8.22. The van der Waals surface area contributed by atoms with Crippen molar-refractivity contribution in [3.63, 3.8) is 0 Å². The van der Waals surface area contributed by atoms with Crippen LogP contribution in [-0.4, -0.2) is 39.5 Å². The summed E-state index contributed by atoms with van der Waals surface area (Å²) in [4.78, 5) is 18.0. The average molecular weight is 476 g/mol. The highest BCUT2D eigenvalue weighted by atomic mass is 19.1. The maximum absolute atomic E-state index is 13.3. The molecule has 0 saturated carbocycles. The van der Waals surface area contributed by atoms with E-state index in [0.717, 1.165) is 55.5 Å². The van der Waals surface area contributed by atoms with Gasteiger partial charge < -0.3 is 14.8 Å². The van der Waals surface area contributed by atoms with Crippen molar-refractivity contribution >= 4 is 22.4 Å². The minimum atomic E-state index is -1.40. The fourth-order valence-corrected chi connectivity index (χ4v) is 3.71. The summed E-state index contributed by atoms with van der Waals surface area (Å²) in [6.07, 6.45) is 7.53. The van der Waals surface area contributed by atoms with Gasteiger partial charge in [0.05, 0.1) is 11.7 Å². The van der Waals surface area contributed by atoms with Crippen molar-refractivity contribution in [1.29, 1.82) is 0 Å². The van der Waals surface area contributed by atoms with Crippen LogP contribution in [0.25, 0.3) is 22.4 Å². The van der Waals surface area contributed by atoms with E-state index < -0.39 is 6.36 Å². The number of alkyl halides is 1. The summed E-state index contributed by atoms with van der Waals surface area (Å²) < 4.78 is 24.1. The molecule has 0 aliphatic carbocycles. The Hall–Kier alpha value is -3.65. The number of fused-ring (bicyclic) bond motifs is 1. The lowest BCUT2D eigenvalue weighted by Gasteiger charge is -2.13. The summed E-state index contributed by atoms with van der Waals surface area (Å²) in [6.45, 7) is 5.07. The molecule has 4 rings (SSSR count). The molecular weight excluding hydrogens is 445 g/mol. The fourth-order valence-electron chi connectivity index (χ4n) is 3.71. The SMILES string of the molecule is CCCOCCCCc1ccc2c(Nc3cccc(OC(C)F)c3)nc(-c3cnccn3)nc2c1. The van der Waals surface area contributed by atoms with Gasteiger partial charge in [-0.3, -0.25) is 4.98 Å². The van der Waals surface area contributed by atoms with Gasteiger partial charge in [-0.2, -0.15) is 0 Å². The Balaban J connectivity index is 1.62. The first-order valence-electron chi connectivity index (χ1n) is 11.9. The van der Waals surface area contributed by atoms with Crippen molar-refractivity contribution in [1.82, 2.24) is 19.9 Å². The van der Waals surface area contributed by atoms with E-state index >= 15 is 0 Å². The van der Waals surface area contributed by atoms with Crippen molar-refractivity contribution in [3.8, 4) is 17.3 Å². The molecule has 0 spiro atoms. The summed E-state index contributed by atoms with van der Waals surface area (Å²) in [5.74, 6) is 1.53. The van der Waals surface area contributed by atoms with Gasteiger partial charge in [0.15, 0.2) is 5.82 Å². The summed E-state index contributed by atoms with van der Waals surface area (Å²) in [5, 5.41) is 4.22. The Morgan fingerprint density at radius 1 is 1.03 bits per heavy atom. The predicted octanol–water partition coefficient (Wildman–Crippen LogP) is 6.27. The monoisotopic (exact) mass is 475 g/mol. The topological polar surface area (TPSA) is 82.0 Å². The van der Waals surface area contributed by atoms with Gasteiger partial charge in [-0.05, 0) is 55.5 Å². The molecule has 0 aliphatic heterocycles. The van der Waals surface area contributed by atoms with Gasteiger partial charge in [0.25, 0.3) is 0 Å². The van der Waals surface area contributed by atoms with Crippen LogP contribution in [0.3, 0.4) is 0 Å². The van der Waals surface area contributed by atoms with E-state index in [2.05, 4.69) is 34.3 Å². The molecule has 7 nitrogen and oxygen atoms in total. The number of hydrogen-bond acceptors (Lipinski definition) is 7. The van der Waals surface area contributed by atoms with Crippen LogP contribution in [0.4, 0.5) is 15.9 Å². The highest BCUT2D eigenvalue weighted by molar-refractivity contribution is 5.92. The second-order valence-electron chi connectivity index (χ2n) is 8.22. The molecule has 35 heavy (non-hydrogen) atoms. The maximum atomic E-state index is 13.3. The number of rotatable bonds is 12. The van der Waals surface area contributed by atoms with Gasteiger partial charge >= 0.3 is 0 Å². The van der Waals surface area contributed by atoms with Crippen LogP contribution in [0, 0.1) is 0 Å². The highest BCUT2D eigenvalue weighted by Crippen LogP contribution is 2.29. The summed E-state index contributed by atoms with van der Waals surface area (Å²) in [6, 6.07) is 13.4. The molecule has 0 amide bonds. The Bertz CT molecular complexity index is 1240. The van der Waals surface area contributed by atoms with Crippen LogP contribution >= 0.6 is 0 Å². The van der Waals surface area contributed by atoms with Gasteiger partial charge in [-0.15, -0.1) is 0 Å². The number of anilines is 2. The Morgan fingerprint density at radius 2 is 1.94 bits per heavy atom. The first kappa shape index (κ1) is 24.5. The predicted molar refractivity (Wildman–Crippen MR) is 136 cm³/mol. The van der Waals surface area contributed by atoms with Crippen molar-refractivity contribution < 1.29 is 13.9 Å². The molecule has 1 atom stereocenters. The molecule has 2 heterocycles. The van der Waals surface area contributed by atoms with E-state index in [9.17, 15) is 4.39 Å². The highest BCUT2D eigenvalue weighted by Gasteiger charge is 2.12. The molecular formula is C27H30FN5O2. The molecule has 2 aromatic heterocycles. The molecule has 0 fully saturated rings. The van der Waals surface area contributed by atoms with Crippen LogP contribution in [0.2, 0.25) is 0 Å². The number of ether oxygens (including phenoxy) is 2. The van der Waals surface area contributed by atoms with Crippen LogP contribution in [0.5, 0.6) is 5.75 Å². The van der Waals surface area contributed by atoms with Crippen molar-refractivity contribution in [2.24, 2.45) is 0 Å². The minimum Gasteiger partial charge on any atom is -0.461 e. The molecule has 0 bridgehead atoms. The van der Waals surface area contributed by atoms with Crippen LogP contribution in [0.1, 0.15) is 38.7 Å². The molecule has 0 aliphatic rings. The molecule has 8 heteroatoms. The Labute approximate surface area is 204 Å². The number of nitrogens with zero attached hydrogens (tertiary/aromatic N) is 4. The fraction of sp³-hybridized carbons (Fsp3) is 0.333. The molecule has 1 N–H and O–H groups in total. The van der Waals surface area contributed by atoms with Crippen LogP contribution in [-0.2, 0) is 11.2 Å². The molecule has 0 radical (unpaired) electrons. The zero-order valence-corrected chi connectivity index (χ0v) is 20.1. The largest absolute Gasteiger partial charge is 0.461 e. The van der Waals surface area contributed by atoms with E-state index in [1.807, 2.05) is 12.1 Å². The Morgan fingerprint density at radius 3 is 2.74 bits per heavy atom. The van der Waals surface area contributed by atoms with Crippen LogP contribution in [0.15, 0.2) is 61.1 Å². The van der Waals surface area contributed by atoms with E-state index in [1.165, 1.54) is 12.5 Å². The Kier molecular flexibility index (Phi) is 8.51. The van der Waals surface area contributed by atoms with Gasteiger partial charge in [0.2, 0.25) is 6.36 Å². The van der Waals surface area contributed by atoms with Gasteiger partial charge in [0, 0.05) is 49.7 Å². The molecule has 4 aromatic rings. The normalized spacial score (nSPS) is 12.0. The van der Waals surface area contributed by atoms with Crippen molar-refractivity contribution in [2.75, 3.05) is 18.5 Å². The molecule has 2 aromatic carbocycles. The third-order valence-electron chi connectivity index (χ3n) is 5.30. The summed E-state index contributed by atoms with van der Waals surface area (Å²) in [7, 11) is 0. The van der Waals surface area contributed by atoms with Gasteiger partial charge in [-0.1, -0.05) is 19.1 Å². The third kappa shape index (κ3) is 6.93. The molecule has 1 unspecified atom stereocenters. The van der Waals surface area contributed by atoms with Crippen LogP contribution < -0.4 is 10.1 Å². The minimum absolute atomic E-state index is 0.433. The summed E-state index contributed by atoms with van der Waals surface area (Å²) >= 11 is 0. The first-order valence-corrected chi connectivity index (χ1v) is 11.9. The van der Waals surface area contributed by atoms with Crippen molar-refractivity contribution in [3.05, 3.63) is 66.6 Å². The zero-order chi connectivity index (χ0) is 24.5. The quantitative estimate of drug-likeness (QED) is 0.242. The number of benzene rings is 2. The van der Waals surface area contributed by atoms with Gasteiger partial charge in [0.1, 0.15) is 17.3 Å².